The second-order valence-corrected chi connectivity index (χ2v) is 13.3. The molecule has 0 N–H and O–H groups in total. The van der Waals surface area contributed by atoms with Gasteiger partial charge in [-0.1, -0.05) is 93.5 Å². The van der Waals surface area contributed by atoms with E-state index < -0.39 is 0 Å². The molecule has 0 amide bonds. The van der Waals surface area contributed by atoms with E-state index in [1.807, 2.05) is 0 Å². The van der Waals surface area contributed by atoms with Gasteiger partial charge >= 0.3 is 0 Å². The number of rotatable bonds is 0. The lowest BCUT2D eigenvalue weighted by molar-refractivity contribution is 0.565. The first-order chi connectivity index (χ1) is 14.1. The fraction of sp³-hybridized carbons (Fsp3) is 0.484. The maximum Gasteiger partial charge on any atom is 0.00876 e. The zero-order valence-corrected chi connectivity index (χ0v) is 21.2. The highest BCUT2D eigenvalue weighted by atomic mass is 14.4. The Morgan fingerprint density at radius 3 is 1.23 bits per heavy atom. The van der Waals surface area contributed by atoms with Gasteiger partial charge in [-0.25, -0.2) is 0 Å². The summed E-state index contributed by atoms with van der Waals surface area (Å²) in [6.45, 7) is 23.6. The minimum absolute atomic E-state index is 0.105. The van der Waals surface area contributed by atoms with Crippen LogP contribution in [-0.2, 0) is 17.3 Å². The molecule has 2 aromatic carbocycles. The topological polar surface area (TPSA) is 0 Å². The summed E-state index contributed by atoms with van der Waals surface area (Å²) in [4.78, 5) is 0. The fourth-order valence-electron chi connectivity index (χ4n) is 6.07. The molecule has 2 aromatic rings. The third kappa shape index (κ3) is 2.94. The van der Waals surface area contributed by atoms with E-state index in [2.05, 4.69) is 106 Å². The Hall–Kier alpha value is -2.08. The molecule has 162 valence electrons. The molecule has 3 aliphatic carbocycles. The van der Waals surface area contributed by atoms with Crippen LogP contribution in [0.3, 0.4) is 0 Å². The highest BCUT2D eigenvalue weighted by Gasteiger charge is 2.39. The molecule has 0 unspecified atom stereocenters. The van der Waals surface area contributed by atoms with Gasteiger partial charge in [-0.3, -0.25) is 0 Å². The van der Waals surface area contributed by atoms with Gasteiger partial charge < -0.3 is 0 Å². The summed E-state index contributed by atoms with van der Waals surface area (Å²) in [5, 5.41) is 0. The van der Waals surface area contributed by atoms with Crippen LogP contribution in [0, 0.1) is 10.8 Å². The monoisotopic (exact) mass is 410 g/mol. The highest BCUT2D eigenvalue weighted by molar-refractivity contribution is 5.90. The molecule has 5 rings (SSSR count). The standard InChI is InChI=1S/C31H38/c1-28(2,3)26-16-30(7,8)24-12-18-11-19-13-25-23(15-21(19)20(18)14-22(24)26)27(29(4,5)6)17-31(25,9)10/h12-17H,11H2,1-10H3. The Bertz CT molecular complexity index is 1100. The second-order valence-electron chi connectivity index (χ2n) is 13.3. The van der Waals surface area contributed by atoms with Crippen molar-refractivity contribution in [3.8, 4) is 11.1 Å². The first kappa shape index (κ1) is 20.8. The zero-order chi connectivity index (χ0) is 22.7. The van der Waals surface area contributed by atoms with E-state index in [9.17, 15) is 0 Å². The van der Waals surface area contributed by atoms with E-state index in [-0.39, 0.29) is 21.7 Å². The van der Waals surface area contributed by atoms with Gasteiger partial charge in [0.25, 0.3) is 0 Å². The molecule has 0 saturated heterocycles. The Labute approximate surface area is 189 Å². The molecular formula is C31H38. The lowest BCUT2D eigenvalue weighted by Gasteiger charge is -2.23. The molecule has 0 heteroatoms. The van der Waals surface area contributed by atoms with Crippen molar-refractivity contribution in [2.75, 3.05) is 0 Å². The Balaban J connectivity index is 1.72. The number of fused-ring (bicyclic) bond motifs is 5. The quantitative estimate of drug-likeness (QED) is 0.347. The van der Waals surface area contributed by atoms with Crippen LogP contribution >= 0.6 is 0 Å². The van der Waals surface area contributed by atoms with Gasteiger partial charge in [-0.15, -0.1) is 0 Å². The molecule has 0 aromatic heterocycles. The Kier molecular flexibility index (Phi) is 3.91. The van der Waals surface area contributed by atoms with E-state index >= 15 is 0 Å². The van der Waals surface area contributed by atoms with Gasteiger partial charge in [0.05, 0.1) is 0 Å². The van der Waals surface area contributed by atoms with Gasteiger partial charge in [0.1, 0.15) is 0 Å². The SMILES string of the molecule is CC(C)(C)C1=CC(C)(C)c2cc3c(cc21)-c1cc2c(cc1C3)C(C)(C)C=C2C(C)(C)C. The van der Waals surface area contributed by atoms with E-state index in [1.54, 1.807) is 0 Å². The first-order valence-corrected chi connectivity index (χ1v) is 11.9. The maximum absolute atomic E-state index is 2.52. The second kappa shape index (κ2) is 5.83. The van der Waals surface area contributed by atoms with Crippen LogP contribution < -0.4 is 0 Å². The molecule has 0 heterocycles. The minimum Gasteiger partial charge on any atom is -0.0701 e. The lowest BCUT2D eigenvalue weighted by atomic mass is 9.81. The van der Waals surface area contributed by atoms with Crippen molar-refractivity contribution in [3.63, 3.8) is 0 Å². The summed E-state index contributed by atoms with van der Waals surface area (Å²) < 4.78 is 0. The van der Waals surface area contributed by atoms with Crippen LogP contribution in [0.4, 0.5) is 0 Å². The van der Waals surface area contributed by atoms with Gasteiger partial charge in [-0.2, -0.15) is 0 Å². The van der Waals surface area contributed by atoms with Crippen molar-refractivity contribution in [2.24, 2.45) is 10.8 Å². The van der Waals surface area contributed by atoms with Crippen molar-refractivity contribution in [1.29, 1.82) is 0 Å². The molecule has 0 bridgehead atoms. The number of hydrogen-bond acceptors (Lipinski definition) is 0. The molecule has 0 spiro atoms. The molecule has 0 fully saturated rings. The Morgan fingerprint density at radius 1 is 0.548 bits per heavy atom. The van der Waals surface area contributed by atoms with Crippen LogP contribution in [0.25, 0.3) is 22.3 Å². The number of benzene rings is 2. The van der Waals surface area contributed by atoms with Crippen LogP contribution in [-0.4, -0.2) is 0 Å². The molecule has 0 nitrogen and oxygen atoms in total. The van der Waals surface area contributed by atoms with Crippen LogP contribution in [0.2, 0.25) is 0 Å². The van der Waals surface area contributed by atoms with Crippen LogP contribution in [0.1, 0.15) is 103 Å². The van der Waals surface area contributed by atoms with Crippen molar-refractivity contribution in [2.45, 2.75) is 86.5 Å². The summed E-state index contributed by atoms with van der Waals surface area (Å²) in [6, 6.07) is 10.1. The highest BCUT2D eigenvalue weighted by Crippen LogP contribution is 2.54. The summed E-state index contributed by atoms with van der Waals surface area (Å²) in [6.07, 6.45) is 6.09. The average molecular weight is 411 g/mol. The van der Waals surface area contributed by atoms with Crippen molar-refractivity contribution in [1.82, 2.24) is 0 Å². The third-order valence-electron chi connectivity index (χ3n) is 7.75. The van der Waals surface area contributed by atoms with Crippen molar-refractivity contribution in [3.05, 3.63) is 69.8 Å². The third-order valence-corrected chi connectivity index (χ3v) is 7.75. The Morgan fingerprint density at radius 2 is 0.903 bits per heavy atom. The minimum atomic E-state index is 0.105. The summed E-state index contributed by atoms with van der Waals surface area (Å²) in [7, 11) is 0. The van der Waals surface area contributed by atoms with Gasteiger partial charge in [0.15, 0.2) is 0 Å². The molecule has 0 saturated carbocycles. The predicted molar refractivity (Wildman–Crippen MR) is 136 cm³/mol. The molecule has 0 radical (unpaired) electrons. The van der Waals surface area contributed by atoms with E-state index in [0.717, 1.165) is 6.42 Å². The number of allylic oxidation sites excluding steroid dienone is 4. The van der Waals surface area contributed by atoms with Gasteiger partial charge in [-0.05, 0) is 85.0 Å². The van der Waals surface area contributed by atoms with E-state index in [4.69, 9.17) is 0 Å². The molecule has 0 atom stereocenters. The van der Waals surface area contributed by atoms with E-state index in [1.165, 1.54) is 55.7 Å². The smallest absolute Gasteiger partial charge is 0.00876 e. The van der Waals surface area contributed by atoms with Crippen LogP contribution in [0.15, 0.2) is 36.4 Å². The van der Waals surface area contributed by atoms with Crippen molar-refractivity contribution >= 4 is 11.1 Å². The summed E-state index contributed by atoms with van der Waals surface area (Å²) in [5.41, 5.74) is 15.4. The normalized spacial score (nSPS) is 20.1. The van der Waals surface area contributed by atoms with Crippen LogP contribution in [0.5, 0.6) is 0 Å². The number of hydrogen-bond donors (Lipinski definition) is 0. The molecule has 3 aliphatic rings. The van der Waals surface area contributed by atoms with Gasteiger partial charge in [0, 0.05) is 10.8 Å². The van der Waals surface area contributed by atoms with Gasteiger partial charge in [0.2, 0.25) is 0 Å². The van der Waals surface area contributed by atoms with E-state index in [0.29, 0.717) is 0 Å². The summed E-state index contributed by atoms with van der Waals surface area (Å²) >= 11 is 0. The zero-order valence-electron chi connectivity index (χ0n) is 21.2. The fourth-order valence-corrected chi connectivity index (χ4v) is 6.07. The average Bonchev–Trinajstić information content (AvgIpc) is 3.19. The predicted octanol–water partition coefficient (Wildman–Crippen LogP) is 8.70. The summed E-state index contributed by atoms with van der Waals surface area (Å²) in [5.74, 6) is 0. The van der Waals surface area contributed by atoms with Crippen molar-refractivity contribution < 1.29 is 0 Å². The maximum atomic E-state index is 2.52. The molecule has 31 heavy (non-hydrogen) atoms. The largest absolute Gasteiger partial charge is 0.0701 e. The lowest BCUT2D eigenvalue weighted by Crippen LogP contribution is -2.11. The molecule has 0 aliphatic heterocycles. The molecular weight excluding hydrogens is 372 g/mol. The first-order valence-electron chi connectivity index (χ1n) is 11.9.